The van der Waals surface area contributed by atoms with E-state index in [1.807, 2.05) is 0 Å². The molecule has 3 rings (SSSR count). The molecule has 0 atom stereocenters. The van der Waals surface area contributed by atoms with E-state index in [0.717, 1.165) is 0 Å². The second-order valence-electron chi connectivity index (χ2n) is 5.53. The van der Waals surface area contributed by atoms with Crippen molar-refractivity contribution in [2.24, 2.45) is 0 Å². The lowest BCUT2D eigenvalue weighted by molar-refractivity contribution is -0.136. The fraction of sp³-hybridized carbons (Fsp3) is 0.467. The Balaban J connectivity index is 1.50. The van der Waals surface area contributed by atoms with Gasteiger partial charge in [-0.2, -0.15) is 0 Å². The van der Waals surface area contributed by atoms with Crippen LogP contribution in [0, 0.1) is 5.82 Å². The number of hydrogen-bond donors (Lipinski definition) is 1. The van der Waals surface area contributed by atoms with Crippen molar-refractivity contribution in [3.05, 3.63) is 30.1 Å². The second-order valence-corrected chi connectivity index (χ2v) is 5.53. The van der Waals surface area contributed by atoms with E-state index in [1.54, 1.807) is 17.0 Å². The Morgan fingerprint density at radius 3 is 2.73 bits per heavy atom. The largest absolute Gasteiger partial charge is 0.481 e. The Bertz CT molecular complexity index is 585. The number of carbonyl (C=O) groups is 2. The van der Waals surface area contributed by atoms with Gasteiger partial charge in [0.05, 0.1) is 6.54 Å². The van der Waals surface area contributed by atoms with Gasteiger partial charge in [-0.3, -0.25) is 4.79 Å². The molecule has 0 saturated carbocycles. The molecule has 2 fully saturated rings. The van der Waals surface area contributed by atoms with Crippen LogP contribution in [0.15, 0.2) is 24.3 Å². The molecule has 2 amide bonds. The molecule has 118 valence electrons. The van der Waals surface area contributed by atoms with Gasteiger partial charge in [0, 0.05) is 25.9 Å². The zero-order chi connectivity index (χ0) is 15.6. The van der Waals surface area contributed by atoms with E-state index in [2.05, 4.69) is 5.32 Å². The van der Waals surface area contributed by atoms with Gasteiger partial charge >= 0.3 is 6.09 Å². The maximum atomic E-state index is 13.4. The van der Waals surface area contributed by atoms with Gasteiger partial charge in [0.25, 0.3) is 5.91 Å². The van der Waals surface area contributed by atoms with E-state index in [4.69, 9.17) is 9.47 Å². The van der Waals surface area contributed by atoms with Gasteiger partial charge in [0.15, 0.2) is 18.2 Å². The fourth-order valence-electron chi connectivity index (χ4n) is 2.74. The quantitative estimate of drug-likeness (QED) is 0.914. The lowest BCUT2D eigenvalue weighted by atomic mass is 9.91. The van der Waals surface area contributed by atoms with Crippen molar-refractivity contribution in [1.82, 2.24) is 10.2 Å². The predicted molar refractivity (Wildman–Crippen MR) is 74.9 cm³/mol. The maximum absolute atomic E-state index is 13.4. The van der Waals surface area contributed by atoms with Crippen LogP contribution in [0.4, 0.5) is 9.18 Å². The number of para-hydroxylation sites is 1. The molecule has 2 saturated heterocycles. The summed E-state index contributed by atoms with van der Waals surface area (Å²) in [5.41, 5.74) is -0.486. The lowest BCUT2D eigenvalue weighted by Gasteiger charge is -2.37. The van der Waals surface area contributed by atoms with Crippen molar-refractivity contribution in [2.75, 3.05) is 26.2 Å². The number of benzene rings is 1. The van der Waals surface area contributed by atoms with Crippen LogP contribution in [0.1, 0.15) is 12.8 Å². The van der Waals surface area contributed by atoms with E-state index in [-0.39, 0.29) is 18.3 Å². The number of rotatable bonds is 3. The average Bonchev–Trinajstić information content (AvgIpc) is 2.87. The molecule has 1 aromatic carbocycles. The number of alkyl carbamates (subject to hydrolysis) is 1. The molecule has 1 spiro atoms. The van der Waals surface area contributed by atoms with E-state index in [1.165, 1.54) is 12.1 Å². The van der Waals surface area contributed by atoms with Crippen LogP contribution in [0.25, 0.3) is 0 Å². The average molecular weight is 308 g/mol. The van der Waals surface area contributed by atoms with Gasteiger partial charge in [-0.15, -0.1) is 0 Å². The third-order valence-corrected chi connectivity index (χ3v) is 4.08. The van der Waals surface area contributed by atoms with Crippen molar-refractivity contribution in [3.63, 3.8) is 0 Å². The minimum atomic E-state index is -0.489. The van der Waals surface area contributed by atoms with Crippen LogP contribution in [0.2, 0.25) is 0 Å². The van der Waals surface area contributed by atoms with E-state index < -0.39 is 17.5 Å². The third kappa shape index (κ3) is 2.98. The second kappa shape index (κ2) is 5.82. The molecular weight excluding hydrogens is 291 g/mol. The van der Waals surface area contributed by atoms with Crippen LogP contribution in [0.3, 0.4) is 0 Å². The molecule has 1 aromatic rings. The SMILES string of the molecule is O=C1NCC2(CCN(C(=O)COc3ccccc3F)CC2)O1. The number of halogens is 1. The first-order chi connectivity index (χ1) is 10.6. The van der Waals surface area contributed by atoms with Crippen LogP contribution in [0.5, 0.6) is 5.75 Å². The third-order valence-electron chi connectivity index (χ3n) is 4.08. The maximum Gasteiger partial charge on any atom is 0.407 e. The summed E-state index contributed by atoms with van der Waals surface area (Å²) in [6.45, 7) is 1.27. The number of nitrogens with zero attached hydrogens (tertiary/aromatic N) is 1. The molecule has 0 aliphatic carbocycles. The van der Waals surface area contributed by atoms with Gasteiger partial charge in [-0.25, -0.2) is 9.18 Å². The highest BCUT2D eigenvalue weighted by Gasteiger charge is 2.43. The first kappa shape index (κ1) is 14.6. The molecule has 22 heavy (non-hydrogen) atoms. The lowest BCUT2D eigenvalue weighted by Crippen LogP contribution is -2.49. The van der Waals surface area contributed by atoms with Crippen molar-refractivity contribution >= 4 is 12.0 Å². The number of nitrogens with one attached hydrogen (secondary N) is 1. The van der Waals surface area contributed by atoms with Gasteiger partial charge in [-0.1, -0.05) is 12.1 Å². The fourth-order valence-corrected chi connectivity index (χ4v) is 2.74. The van der Waals surface area contributed by atoms with Crippen molar-refractivity contribution in [2.45, 2.75) is 18.4 Å². The number of piperidine rings is 1. The molecule has 0 radical (unpaired) electrons. The van der Waals surface area contributed by atoms with Crippen LogP contribution >= 0.6 is 0 Å². The molecule has 1 N–H and O–H groups in total. The van der Waals surface area contributed by atoms with Crippen LogP contribution < -0.4 is 10.1 Å². The van der Waals surface area contributed by atoms with Gasteiger partial charge in [-0.05, 0) is 12.1 Å². The summed E-state index contributed by atoms with van der Waals surface area (Å²) in [4.78, 5) is 24.9. The summed E-state index contributed by atoms with van der Waals surface area (Å²) in [6.07, 6.45) is 0.789. The Kier molecular flexibility index (Phi) is 3.87. The van der Waals surface area contributed by atoms with Crippen molar-refractivity contribution < 1.29 is 23.5 Å². The molecule has 0 aromatic heterocycles. The monoisotopic (exact) mass is 308 g/mol. The highest BCUT2D eigenvalue weighted by molar-refractivity contribution is 5.78. The molecule has 6 nitrogen and oxygen atoms in total. The number of amides is 2. The summed E-state index contributed by atoms with van der Waals surface area (Å²) in [6, 6.07) is 5.98. The standard InChI is InChI=1S/C15H17FN2O4/c16-11-3-1-2-4-12(11)21-9-13(19)18-7-5-15(6-8-18)10-17-14(20)22-15/h1-4H,5-10H2,(H,17,20). The predicted octanol–water partition coefficient (Wildman–Crippen LogP) is 1.31. The zero-order valence-corrected chi connectivity index (χ0v) is 12.0. The van der Waals surface area contributed by atoms with Crippen LogP contribution in [-0.4, -0.2) is 48.7 Å². The minimum absolute atomic E-state index is 0.0678. The summed E-state index contributed by atoms with van der Waals surface area (Å²) in [5, 5.41) is 2.65. The highest BCUT2D eigenvalue weighted by atomic mass is 19.1. The Labute approximate surface area is 127 Å². The zero-order valence-electron chi connectivity index (χ0n) is 12.0. The smallest absolute Gasteiger partial charge is 0.407 e. The van der Waals surface area contributed by atoms with Gasteiger partial charge in [0.1, 0.15) is 5.60 Å². The number of ether oxygens (including phenoxy) is 2. The summed E-state index contributed by atoms with van der Waals surface area (Å²) in [5.74, 6) is -0.620. The summed E-state index contributed by atoms with van der Waals surface area (Å²) >= 11 is 0. The Morgan fingerprint density at radius 2 is 2.09 bits per heavy atom. The molecule has 2 aliphatic rings. The first-order valence-electron chi connectivity index (χ1n) is 7.20. The number of likely N-dealkylation sites (tertiary alicyclic amines) is 1. The van der Waals surface area contributed by atoms with Gasteiger partial charge < -0.3 is 19.7 Å². The molecule has 0 bridgehead atoms. The van der Waals surface area contributed by atoms with E-state index in [9.17, 15) is 14.0 Å². The highest BCUT2D eigenvalue weighted by Crippen LogP contribution is 2.29. The normalized spacial score (nSPS) is 19.7. The number of carbonyl (C=O) groups excluding carboxylic acids is 2. The summed E-state index contributed by atoms with van der Waals surface area (Å²) in [7, 11) is 0. The molecule has 2 aliphatic heterocycles. The molecule has 7 heteroatoms. The Hall–Kier alpha value is -2.31. The minimum Gasteiger partial charge on any atom is -0.481 e. The first-order valence-corrected chi connectivity index (χ1v) is 7.20. The molecule has 0 unspecified atom stereocenters. The van der Waals surface area contributed by atoms with Crippen LogP contribution in [-0.2, 0) is 9.53 Å². The summed E-state index contributed by atoms with van der Waals surface area (Å²) < 4.78 is 23.9. The van der Waals surface area contributed by atoms with E-state index >= 15 is 0 Å². The van der Waals surface area contributed by atoms with E-state index in [0.29, 0.717) is 32.5 Å². The van der Waals surface area contributed by atoms with Gasteiger partial charge in [0.2, 0.25) is 0 Å². The van der Waals surface area contributed by atoms with Crippen molar-refractivity contribution in [1.29, 1.82) is 0 Å². The topological polar surface area (TPSA) is 67.9 Å². The molecular formula is C15H17FN2O4. The number of hydrogen-bond acceptors (Lipinski definition) is 4. The Morgan fingerprint density at radius 1 is 1.36 bits per heavy atom. The molecule has 2 heterocycles. The van der Waals surface area contributed by atoms with Crippen molar-refractivity contribution in [3.8, 4) is 5.75 Å².